The van der Waals surface area contributed by atoms with Crippen LogP contribution in [0.1, 0.15) is 29.3 Å². The van der Waals surface area contributed by atoms with E-state index in [1.54, 1.807) is 6.07 Å². The molecule has 10 heteroatoms. The lowest BCUT2D eigenvalue weighted by molar-refractivity contribution is 0.233. The Morgan fingerprint density at radius 1 is 1.48 bits per heavy atom. The first-order chi connectivity index (χ1) is 12.1. The number of hydroxylamine groups is 1. The van der Waals surface area contributed by atoms with Gasteiger partial charge in [0.15, 0.2) is 11.5 Å². The van der Waals surface area contributed by atoms with Gasteiger partial charge in [0.1, 0.15) is 5.82 Å². The van der Waals surface area contributed by atoms with E-state index in [0.717, 1.165) is 17.5 Å². The van der Waals surface area contributed by atoms with Crippen molar-refractivity contribution >= 4 is 11.7 Å². The molecule has 0 saturated carbocycles. The third-order valence-corrected chi connectivity index (χ3v) is 4.02. The summed E-state index contributed by atoms with van der Waals surface area (Å²) >= 11 is 0. The average Bonchev–Trinajstić information content (AvgIpc) is 3.24. The van der Waals surface area contributed by atoms with Gasteiger partial charge >= 0.3 is 0 Å². The number of rotatable bonds is 6. The van der Waals surface area contributed by atoms with Crippen molar-refractivity contribution in [1.82, 2.24) is 15.8 Å². The number of aromatic nitrogens is 2. The first-order valence-corrected chi connectivity index (χ1v) is 7.81. The molecular formula is C15H19FN6O3. The van der Waals surface area contributed by atoms with Crippen LogP contribution in [0.4, 0.5) is 10.2 Å². The number of aliphatic imine (C=N–C) groups is 1. The zero-order chi connectivity index (χ0) is 17.8. The van der Waals surface area contributed by atoms with Gasteiger partial charge in [-0.1, -0.05) is 6.07 Å². The van der Waals surface area contributed by atoms with Crippen LogP contribution in [0.2, 0.25) is 0 Å². The molecule has 0 saturated heterocycles. The van der Waals surface area contributed by atoms with Crippen molar-refractivity contribution in [3.05, 3.63) is 40.8 Å². The Kier molecular flexibility index (Phi) is 5.22. The summed E-state index contributed by atoms with van der Waals surface area (Å²) in [4.78, 5) is 4.43. The number of aliphatic hydroxyl groups is 1. The maximum Gasteiger partial charge on any atom is 0.202 e. The van der Waals surface area contributed by atoms with Gasteiger partial charge in [-0.15, -0.1) is 0 Å². The Labute approximate surface area is 142 Å². The van der Waals surface area contributed by atoms with E-state index >= 15 is 0 Å². The number of halogens is 1. The summed E-state index contributed by atoms with van der Waals surface area (Å²) in [6, 6.07) is 3.81. The van der Waals surface area contributed by atoms with Gasteiger partial charge < -0.3 is 16.2 Å². The minimum absolute atomic E-state index is 0.0448. The van der Waals surface area contributed by atoms with E-state index in [-0.39, 0.29) is 42.4 Å². The van der Waals surface area contributed by atoms with Crippen molar-refractivity contribution in [2.75, 3.05) is 18.5 Å². The molecule has 0 bridgehead atoms. The number of hydrogen-bond acceptors (Lipinski definition) is 8. The first kappa shape index (κ1) is 17.3. The number of nitrogens with zero attached hydrogens (tertiary/aromatic N) is 3. The summed E-state index contributed by atoms with van der Waals surface area (Å²) in [5, 5.41) is 28.7. The molecule has 1 aromatic heterocycles. The van der Waals surface area contributed by atoms with E-state index in [2.05, 4.69) is 25.3 Å². The highest BCUT2D eigenvalue weighted by molar-refractivity contribution is 6.00. The maximum absolute atomic E-state index is 13.5. The van der Waals surface area contributed by atoms with Crippen molar-refractivity contribution in [2.24, 2.45) is 10.7 Å². The SMILES string of the molecule is NC(CO)CNc1nonc1C(=NC1CCc2ccc(F)cc21)NO. The molecule has 2 unspecified atom stereocenters. The highest BCUT2D eigenvalue weighted by Gasteiger charge is 2.25. The summed E-state index contributed by atoms with van der Waals surface area (Å²) in [6.07, 6.45) is 1.46. The summed E-state index contributed by atoms with van der Waals surface area (Å²) < 4.78 is 18.2. The van der Waals surface area contributed by atoms with E-state index in [4.69, 9.17) is 10.8 Å². The molecule has 0 aliphatic heterocycles. The largest absolute Gasteiger partial charge is 0.395 e. The second-order valence-corrected chi connectivity index (χ2v) is 5.77. The molecular weight excluding hydrogens is 331 g/mol. The smallest absolute Gasteiger partial charge is 0.202 e. The number of hydrogen-bond donors (Lipinski definition) is 5. The molecule has 1 aliphatic rings. The molecule has 1 aromatic carbocycles. The molecule has 9 nitrogen and oxygen atoms in total. The summed E-state index contributed by atoms with van der Waals surface area (Å²) in [5.74, 6) is -0.0621. The lowest BCUT2D eigenvalue weighted by atomic mass is 10.1. The Morgan fingerprint density at radius 3 is 3.08 bits per heavy atom. The number of aryl methyl sites for hydroxylation is 1. The van der Waals surface area contributed by atoms with Gasteiger partial charge in [0.2, 0.25) is 5.82 Å². The van der Waals surface area contributed by atoms with E-state index < -0.39 is 6.04 Å². The Hall–Kier alpha value is -2.56. The predicted molar refractivity (Wildman–Crippen MR) is 86.8 cm³/mol. The third-order valence-electron chi connectivity index (χ3n) is 4.02. The van der Waals surface area contributed by atoms with E-state index in [9.17, 15) is 9.60 Å². The molecule has 25 heavy (non-hydrogen) atoms. The lowest BCUT2D eigenvalue weighted by Gasteiger charge is -2.11. The number of nitrogens with two attached hydrogens (primary N) is 1. The van der Waals surface area contributed by atoms with Crippen LogP contribution in [0.15, 0.2) is 27.8 Å². The topological polar surface area (TPSA) is 142 Å². The van der Waals surface area contributed by atoms with Gasteiger partial charge in [-0.25, -0.2) is 9.02 Å². The summed E-state index contributed by atoms with van der Waals surface area (Å²) in [5.41, 5.74) is 9.59. The van der Waals surface area contributed by atoms with Crippen LogP contribution in [0.25, 0.3) is 0 Å². The predicted octanol–water partition coefficient (Wildman–Crippen LogP) is 0.353. The van der Waals surface area contributed by atoms with Crippen molar-refractivity contribution in [3.8, 4) is 0 Å². The number of fused-ring (bicyclic) bond motifs is 1. The summed E-state index contributed by atoms with van der Waals surface area (Å²) in [6.45, 7) is 0.0329. The Balaban J connectivity index is 1.84. The third kappa shape index (κ3) is 3.76. The van der Waals surface area contributed by atoms with Crippen molar-refractivity contribution in [3.63, 3.8) is 0 Å². The zero-order valence-corrected chi connectivity index (χ0v) is 13.3. The minimum Gasteiger partial charge on any atom is -0.395 e. The van der Waals surface area contributed by atoms with E-state index in [0.29, 0.717) is 6.42 Å². The molecule has 6 N–H and O–H groups in total. The van der Waals surface area contributed by atoms with Gasteiger partial charge in [0.25, 0.3) is 0 Å². The summed E-state index contributed by atoms with van der Waals surface area (Å²) in [7, 11) is 0. The van der Waals surface area contributed by atoms with E-state index in [1.807, 2.05) is 5.48 Å². The molecule has 0 spiro atoms. The maximum atomic E-state index is 13.5. The molecule has 0 radical (unpaired) electrons. The number of nitrogens with one attached hydrogen (secondary N) is 2. The monoisotopic (exact) mass is 350 g/mol. The molecule has 2 atom stereocenters. The van der Waals surface area contributed by atoms with Gasteiger partial charge in [0, 0.05) is 12.6 Å². The quantitative estimate of drug-likeness (QED) is 0.285. The number of amidine groups is 1. The van der Waals surface area contributed by atoms with Crippen molar-refractivity contribution in [2.45, 2.75) is 24.9 Å². The fourth-order valence-corrected chi connectivity index (χ4v) is 2.74. The standard InChI is InChI=1S/C15H19FN6O3/c16-9-3-1-8-2-4-12(11(8)5-9)19-15(20-24)13-14(22-25-21-13)18-6-10(17)7-23/h1,3,5,10,12,23-24H,2,4,6-7,17H2,(H,18,22)(H,19,20). The molecule has 0 amide bonds. The number of aliphatic hydroxyl groups excluding tert-OH is 1. The Morgan fingerprint density at radius 2 is 2.32 bits per heavy atom. The van der Waals surface area contributed by atoms with Crippen LogP contribution in [-0.2, 0) is 6.42 Å². The zero-order valence-electron chi connectivity index (χ0n) is 13.3. The minimum atomic E-state index is -0.489. The van der Waals surface area contributed by atoms with Crippen LogP contribution >= 0.6 is 0 Å². The fourth-order valence-electron chi connectivity index (χ4n) is 2.74. The number of anilines is 1. The molecule has 2 aromatic rings. The van der Waals surface area contributed by atoms with Gasteiger partial charge in [-0.2, -0.15) is 0 Å². The van der Waals surface area contributed by atoms with Crippen LogP contribution < -0.4 is 16.5 Å². The highest BCUT2D eigenvalue weighted by atomic mass is 19.1. The van der Waals surface area contributed by atoms with Gasteiger partial charge in [-0.3, -0.25) is 15.7 Å². The highest BCUT2D eigenvalue weighted by Crippen LogP contribution is 2.35. The van der Waals surface area contributed by atoms with Gasteiger partial charge in [0.05, 0.1) is 12.6 Å². The van der Waals surface area contributed by atoms with Crippen LogP contribution in [0.3, 0.4) is 0 Å². The molecule has 1 heterocycles. The van der Waals surface area contributed by atoms with Crippen LogP contribution in [0.5, 0.6) is 0 Å². The second kappa shape index (κ2) is 7.55. The normalized spacial score (nSPS) is 18.1. The first-order valence-electron chi connectivity index (χ1n) is 7.81. The molecule has 0 fully saturated rings. The second-order valence-electron chi connectivity index (χ2n) is 5.77. The molecule has 134 valence electrons. The molecule has 3 rings (SSSR count). The van der Waals surface area contributed by atoms with Gasteiger partial charge in [-0.05, 0) is 46.4 Å². The van der Waals surface area contributed by atoms with Crippen LogP contribution in [0, 0.1) is 5.82 Å². The van der Waals surface area contributed by atoms with Crippen LogP contribution in [-0.4, -0.2) is 45.7 Å². The number of benzene rings is 1. The van der Waals surface area contributed by atoms with Crippen molar-refractivity contribution in [1.29, 1.82) is 0 Å². The van der Waals surface area contributed by atoms with Crippen molar-refractivity contribution < 1.29 is 19.3 Å². The van der Waals surface area contributed by atoms with E-state index in [1.165, 1.54) is 12.1 Å². The Bertz CT molecular complexity index is 765. The fraction of sp³-hybridized carbons (Fsp3) is 0.400. The average molecular weight is 350 g/mol. The lowest BCUT2D eigenvalue weighted by Crippen LogP contribution is -2.33. The molecule has 1 aliphatic carbocycles.